The molecule has 0 bridgehead atoms. The molecule has 0 aliphatic rings. The summed E-state index contributed by atoms with van der Waals surface area (Å²) in [6.45, 7) is 7.19. The van der Waals surface area contributed by atoms with Crippen molar-refractivity contribution in [3.63, 3.8) is 0 Å². The molecule has 1 heterocycles. The predicted molar refractivity (Wildman–Crippen MR) is 56.7 cm³/mol. The third-order valence-electron chi connectivity index (χ3n) is 2.05. The Morgan fingerprint density at radius 1 is 1.29 bits per heavy atom. The third kappa shape index (κ3) is 2.93. The lowest BCUT2D eigenvalue weighted by Gasteiger charge is -2.05. The van der Waals surface area contributed by atoms with E-state index in [1.807, 2.05) is 20.8 Å². The lowest BCUT2D eigenvalue weighted by molar-refractivity contribution is 0.149. The van der Waals surface area contributed by atoms with Gasteiger partial charge in [-0.05, 0) is 20.8 Å². The van der Waals surface area contributed by atoms with Crippen molar-refractivity contribution < 1.29 is 4.74 Å². The summed E-state index contributed by atoms with van der Waals surface area (Å²) in [5, 5.41) is 0.545. The summed E-state index contributed by atoms with van der Waals surface area (Å²) < 4.78 is 5.22. The highest BCUT2D eigenvalue weighted by Crippen LogP contribution is 2.14. The smallest absolute Gasteiger partial charge is 0.135 e. The quantitative estimate of drug-likeness (QED) is 0.570. The third-order valence-corrected chi connectivity index (χ3v) is 2.42. The van der Waals surface area contributed by atoms with Gasteiger partial charge in [0.25, 0.3) is 0 Å². The fourth-order valence-corrected chi connectivity index (χ4v) is 1.30. The van der Waals surface area contributed by atoms with Crippen LogP contribution in [0.15, 0.2) is 0 Å². The van der Waals surface area contributed by atoms with Crippen LogP contribution in [0.1, 0.15) is 24.0 Å². The zero-order chi connectivity index (χ0) is 10.6. The van der Waals surface area contributed by atoms with Gasteiger partial charge >= 0.3 is 0 Å². The standard InChI is InChI=1S/C10H15ClN2O/c1-4-14-6-5-9-12-8(3)7(2)10(11)13-9/h4-6H2,1-3H3. The Morgan fingerprint density at radius 2 is 2.00 bits per heavy atom. The van der Waals surface area contributed by atoms with Gasteiger partial charge in [-0.2, -0.15) is 0 Å². The minimum atomic E-state index is 0.545. The van der Waals surface area contributed by atoms with Crippen LogP contribution in [0.25, 0.3) is 0 Å². The van der Waals surface area contributed by atoms with Crippen LogP contribution in [-0.2, 0) is 11.2 Å². The fourth-order valence-electron chi connectivity index (χ4n) is 1.07. The van der Waals surface area contributed by atoms with Gasteiger partial charge in [0.15, 0.2) is 0 Å². The van der Waals surface area contributed by atoms with Crippen molar-refractivity contribution in [3.05, 3.63) is 22.2 Å². The monoisotopic (exact) mass is 214 g/mol. The predicted octanol–water partition coefficient (Wildman–Crippen LogP) is 2.33. The fraction of sp³-hybridized carbons (Fsp3) is 0.600. The Labute approximate surface area is 89.5 Å². The molecule has 0 atom stereocenters. The van der Waals surface area contributed by atoms with E-state index in [9.17, 15) is 0 Å². The molecule has 0 radical (unpaired) electrons. The van der Waals surface area contributed by atoms with E-state index in [1.54, 1.807) is 0 Å². The Hall–Kier alpha value is -0.670. The number of nitrogens with zero attached hydrogens (tertiary/aromatic N) is 2. The lowest BCUT2D eigenvalue weighted by atomic mass is 10.2. The Bertz CT molecular complexity index is 292. The molecule has 0 fully saturated rings. The molecule has 0 amide bonds. The SMILES string of the molecule is CCOCCc1nc(C)c(C)c(Cl)n1. The number of rotatable bonds is 4. The zero-order valence-corrected chi connectivity index (χ0v) is 9.56. The molecule has 0 saturated carbocycles. The number of hydrogen-bond acceptors (Lipinski definition) is 3. The van der Waals surface area contributed by atoms with Gasteiger partial charge in [-0.25, -0.2) is 9.97 Å². The summed E-state index contributed by atoms with van der Waals surface area (Å²) in [5.74, 6) is 0.756. The van der Waals surface area contributed by atoms with Gasteiger partial charge in [-0.15, -0.1) is 0 Å². The molecule has 0 saturated heterocycles. The highest BCUT2D eigenvalue weighted by molar-refractivity contribution is 6.30. The Kier molecular flexibility index (Phi) is 4.29. The average molecular weight is 215 g/mol. The van der Waals surface area contributed by atoms with Crippen molar-refractivity contribution >= 4 is 11.6 Å². The van der Waals surface area contributed by atoms with Crippen LogP contribution in [0.2, 0.25) is 5.15 Å². The molecule has 78 valence electrons. The zero-order valence-electron chi connectivity index (χ0n) is 8.80. The molecule has 1 aromatic heterocycles. The maximum absolute atomic E-state index is 5.94. The average Bonchev–Trinajstić information content (AvgIpc) is 2.14. The number of ether oxygens (including phenoxy) is 1. The van der Waals surface area contributed by atoms with E-state index < -0.39 is 0 Å². The van der Waals surface area contributed by atoms with Crippen LogP contribution in [0.4, 0.5) is 0 Å². The van der Waals surface area contributed by atoms with Gasteiger partial charge in [0.2, 0.25) is 0 Å². The topological polar surface area (TPSA) is 35.0 Å². The second-order valence-electron chi connectivity index (χ2n) is 3.09. The minimum Gasteiger partial charge on any atom is -0.381 e. The first-order valence-corrected chi connectivity index (χ1v) is 5.10. The molecule has 0 aliphatic heterocycles. The second kappa shape index (κ2) is 5.27. The summed E-state index contributed by atoms with van der Waals surface area (Å²) in [6.07, 6.45) is 0.717. The van der Waals surface area contributed by atoms with Crippen LogP contribution in [-0.4, -0.2) is 23.2 Å². The maximum Gasteiger partial charge on any atom is 0.135 e. The summed E-state index contributed by atoms with van der Waals surface area (Å²) in [7, 11) is 0. The summed E-state index contributed by atoms with van der Waals surface area (Å²) >= 11 is 5.94. The van der Waals surface area contributed by atoms with Crippen LogP contribution >= 0.6 is 11.6 Å². The molecule has 3 nitrogen and oxygen atoms in total. The summed E-state index contributed by atoms with van der Waals surface area (Å²) in [6, 6.07) is 0. The molecule has 14 heavy (non-hydrogen) atoms. The lowest BCUT2D eigenvalue weighted by Crippen LogP contribution is -2.05. The van der Waals surface area contributed by atoms with Crippen molar-refractivity contribution in [1.29, 1.82) is 0 Å². The summed E-state index contributed by atoms with van der Waals surface area (Å²) in [5.41, 5.74) is 1.89. The molecule has 0 unspecified atom stereocenters. The Balaban J connectivity index is 2.69. The van der Waals surface area contributed by atoms with Gasteiger partial charge in [0, 0.05) is 24.3 Å². The number of aryl methyl sites for hydroxylation is 1. The second-order valence-corrected chi connectivity index (χ2v) is 3.45. The van der Waals surface area contributed by atoms with E-state index in [0.717, 1.165) is 23.7 Å². The molecule has 0 N–H and O–H groups in total. The number of halogens is 1. The van der Waals surface area contributed by atoms with E-state index >= 15 is 0 Å². The molecule has 0 aromatic carbocycles. The normalized spacial score (nSPS) is 10.6. The van der Waals surface area contributed by atoms with Gasteiger partial charge in [0.05, 0.1) is 6.61 Å². The van der Waals surface area contributed by atoms with E-state index in [1.165, 1.54) is 0 Å². The van der Waals surface area contributed by atoms with Crippen molar-refractivity contribution in [2.24, 2.45) is 0 Å². The van der Waals surface area contributed by atoms with E-state index in [0.29, 0.717) is 18.2 Å². The van der Waals surface area contributed by atoms with Gasteiger partial charge < -0.3 is 4.74 Å². The first-order valence-electron chi connectivity index (χ1n) is 4.72. The van der Waals surface area contributed by atoms with Crippen LogP contribution in [0, 0.1) is 13.8 Å². The van der Waals surface area contributed by atoms with Gasteiger partial charge in [0.1, 0.15) is 11.0 Å². The van der Waals surface area contributed by atoms with E-state index in [4.69, 9.17) is 16.3 Å². The Morgan fingerprint density at radius 3 is 2.57 bits per heavy atom. The van der Waals surface area contributed by atoms with Crippen LogP contribution < -0.4 is 0 Å². The van der Waals surface area contributed by atoms with Crippen LogP contribution in [0.5, 0.6) is 0 Å². The highest BCUT2D eigenvalue weighted by Gasteiger charge is 2.05. The molecule has 4 heteroatoms. The van der Waals surface area contributed by atoms with Crippen LogP contribution in [0.3, 0.4) is 0 Å². The largest absolute Gasteiger partial charge is 0.381 e. The number of aromatic nitrogens is 2. The van der Waals surface area contributed by atoms with Gasteiger partial charge in [-0.1, -0.05) is 11.6 Å². The van der Waals surface area contributed by atoms with Crippen molar-refractivity contribution in [2.75, 3.05) is 13.2 Å². The highest BCUT2D eigenvalue weighted by atomic mass is 35.5. The van der Waals surface area contributed by atoms with Crippen molar-refractivity contribution in [1.82, 2.24) is 9.97 Å². The number of hydrogen-bond donors (Lipinski definition) is 0. The molecule has 1 aromatic rings. The maximum atomic E-state index is 5.94. The minimum absolute atomic E-state index is 0.545. The molecular weight excluding hydrogens is 200 g/mol. The molecule has 0 aliphatic carbocycles. The first kappa shape index (κ1) is 11.4. The van der Waals surface area contributed by atoms with Crippen molar-refractivity contribution in [3.8, 4) is 0 Å². The molecular formula is C10H15ClN2O. The first-order chi connectivity index (χ1) is 6.65. The summed E-state index contributed by atoms with van der Waals surface area (Å²) in [4.78, 5) is 8.51. The van der Waals surface area contributed by atoms with Crippen molar-refractivity contribution in [2.45, 2.75) is 27.2 Å². The molecule has 1 rings (SSSR count). The molecule has 0 spiro atoms. The van der Waals surface area contributed by atoms with E-state index in [-0.39, 0.29) is 0 Å². The van der Waals surface area contributed by atoms with E-state index in [2.05, 4.69) is 9.97 Å². The van der Waals surface area contributed by atoms with Gasteiger partial charge in [-0.3, -0.25) is 0 Å².